The van der Waals surface area contributed by atoms with E-state index in [1.165, 1.54) is 12.1 Å². The van der Waals surface area contributed by atoms with Gasteiger partial charge in [-0.1, -0.05) is 0 Å². The van der Waals surface area contributed by atoms with Crippen LogP contribution >= 0.6 is 0 Å². The molecule has 4 heteroatoms. The van der Waals surface area contributed by atoms with Gasteiger partial charge in [0, 0.05) is 5.54 Å². The lowest BCUT2D eigenvalue weighted by Gasteiger charge is -2.19. The number of nitrogens with zero attached hydrogens (tertiary/aromatic N) is 1. The molecule has 86 valence electrons. The SMILES string of the molecule is CC(C)(C)NCc1nc2ccc(F)cc2[nH]1. The number of aromatic amines is 1. The first-order valence-electron chi connectivity index (χ1n) is 5.33. The summed E-state index contributed by atoms with van der Waals surface area (Å²) >= 11 is 0. The predicted octanol–water partition coefficient (Wildman–Crippen LogP) is 2.59. The summed E-state index contributed by atoms with van der Waals surface area (Å²) in [6.07, 6.45) is 0. The maximum absolute atomic E-state index is 13.0. The van der Waals surface area contributed by atoms with Crippen LogP contribution in [0.15, 0.2) is 18.2 Å². The van der Waals surface area contributed by atoms with Gasteiger partial charge in [0.15, 0.2) is 0 Å². The molecule has 1 aromatic carbocycles. The van der Waals surface area contributed by atoms with Crippen molar-refractivity contribution in [2.45, 2.75) is 32.9 Å². The maximum atomic E-state index is 13.0. The Morgan fingerprint density at radius 2 is 2.12 bits per heavy atom. The lowest BCUT2D eigenvalue weighted by atomic mass is 10.1. The Morgan fingerprint density at radius 3 is 2.81 bits per heavy atom. The topological polar surface area (TPSA) is 40.7 Å². The molecule has 2 rings (SSSR count). The average Bonchev–Trinajstić information content (AvgIpc) is 2.55. The second kappa shape index (κ2) is 3.87. The van der Waals surface area contributed by atoms with E-state index in [1.54, 1.807) is 6.07 Å². The van der Waals surface area contributed by atoms with Crippen LogP contribution in [0, 0.1) is 5.82 Å². The fourth-order valence-electron chi connectivity index (χ4n) is 1.47. The highest BCUT2D eigenvalue weighted by atomic mass is 19.1. The number of hydrogen-bond acceptors (Lipinski definition) is 2. The van der Waals surface area contributed by atoms with Gasteiger partial charge in [0.2, 0.25) is 0 Å². The third-order valence-electron chi connectivity index (χ3n) is 2.28. The summed E-state index contributed by atoms with van der Waals surface area (Å²) in [6, 6.07) is 4.56. The van der Waals surface area contributed by atoms with Crippen LogP contribution in [0.5, 0.6) is 0 Å². The second-order valence-corrected chi connectivity index (χ2v) is 4.95. The summed E-state index contributed by atoms with van der Waals surface area (Å²) in [6.45, 7) is 6.93. The smallest absolute Gasteiger partial charge is 0.125 e. The zero-order valence-electron chi connectivity index (χ0n) is 9.76. The van der Waals surface area contributed by atoms with Crippen molar-refractivity contribution in [2.75, 3.05) is 0 Å². The zero-order valence-corrected chi connectivity index (χ0v) is 9.76. The maximum Gasteiger partial charge on any atom is 0.125 e. The van der Waals surface area contributed by atoms with E-state index in [2.05, 4.69) is 36.1 Å². The molecule has 0 unspecified atom stereocenters. The molecule has 16 heavy (non-hydrogen) atoms. The first-order chi connectivity index (χ1) is 7.44. The fourth-order valence-corrected chi connectivity index (χ4v) is 1.47. The average molecular weight is 221 g/mol. The predicted molar refractivity (Wildman–Crippen MR) is 62.6 cm³/mol. The lowest BCUT2D eigenvalue weighted by Crippen LogP contribution is -2.35. The fraction of sp³-hybridized carbons (Fsp3) is 0.417. The number of rotatable bonds is 2. The van der Waals surface area contributed by atoms with Gasteiger partial charge in [-0.05, 0) is 39.0 Å². The summed E-state index contributed by atoms with van der Waals surface area (Å²) in [4.78, 5) is 7.47. The summed E-state index contributed by atoms with van der Waals surface area (Å²) in [5, 5.41) is 3.33. The van der Waals surface area contributed by atoms with E-state index in [4.69, 9.17) is 0 Å². The van der Waals surface area contributed by atoms with E-state index in [0.717, 1.165) is 16.9 Å². The molecular weight excluding hydrogens is 205 g/mol. The van der Waals surface area contributed by atoms with Gasteiger partial charge in [-0.25, -0.2) is 9.37 Å². The first-order valence-corrected chi connectivity index (χ1v) is 5.33. The number of aromatic nitrogens is 2. The monoisotopic (exact) mass is 221 g/mol. The molecule has 3 nitrogen and oxygen atoms in total. The summed E-state index contributed by atoms with van der Waals surface area (Å²) in [5.74, 6) is 0.585. The van der Waals surface area contributed by atoms with Gasteiger partial charge in [-0.2, -0.15) is 0 Å². The van der Waals surface area contributed by atoms with Gasteiger partial charge in [0.05, 0.1) is 17.6 Å². The Bertz CT molecular complexity index is 496. The van der Waals surface area contributed by atoms with E-state index in [9.17, 15) is 4.39 Å². The third kappa shape index (κ3) is 2.58. The molecule has 0 saturated carbocycles. The third-order valence-corrected chi connectivity index (χ3v) is 2.28. The van der Waals surface area contributed by atoms with Gasteiger partial charge in [0.25, 0.3) is 0 Å². The standard InChI is InChI=1S/C12H16FN3/c1-12(2,3)14-7-11-15-9-5-4-8(13)6-10(9)16-11/h4-6,14H,7H2,1-3H3,(H,15,16). The number of benzene rings is 1. The lowest BCUT2D eigenvalue weighted by molar-refractivity contribution is 0.419. The number of hydrogen-bond donors (Lipinski definition) is 2. The highest BCUT2D eigenvalue weighted by molar-refractivity contribution is 5.74. The molecule has 1 heterocycles. The van der Waals surface area contributed by atoms with Gasteiger partial charge < -0.3 is 10.3 Å². The largest absolute Gasteiger partial charge is 0.341 e. The number of nitrogens with one attached hydrogen (secondary N) is 2. The van der Waals surface area contributed by atoms with Crippen molar-refractivity contribution in [3.05, 3.63) is 29.8 Å². The summed E-state index contributed by atoms with van der Waals surface area (Å²) in [5.41, 5.74) is 1.59. The summed E-state index contributed by atoms with van der Waals surface area (Å²) < 4.78 is 13.0. The Morgan fingerprint density at radius 1 is 1.38 bits per heavy atom. The van der Waals surface area contributed by atoms with Crippen molar-refractivity contribution < 1.29 is 4.39 Å². The molecule has 0 atom stereocenters. The minimum atomic E-state index is -0.244. The molecule has 1 aromatic heterocycles. The molecule has 0 radical (unpaired) electrons. The Kier molecular flexibility index (Phi) is 2.68. The zero-order chi connectivity index (χ0) is 11.8. The molecule has 0 spiro atoms. The number of halogens is 1. The van der Waals surface area contributed by atoms with Crippen LogP contribution in [0.1, 0.15) is 26.6 Å². The molecule has 0 saturated heterocycles. The molecule has 2 aromatic rings. The highest BCUT2D eigenvalue weighted by Gasteiger charge is 2.10. The second-order valence-electron chi connectivity index (χ2n) is 4.95. The van der Waals surface area contributed by atoms with Crippen LogP contribution in [0.25, 0.3) is 11.0 Å². The van der Waals surface area contributed by atoms with Crippen LogP contribution in [-0.4, -0.2) is 15.5 Å². The molecule has 0 amide bonds. The van der Waals surface area contributed by atoms with Crippen molar-refractivity contribution in [1.29, 1.82) is 0 Å². The van der Waals surface area contributed by atoms with Crippen LogP contribution < -0.4 is 5.32 Å². The molecular formula is C12H16FN3. The molecule has 2 N–H and O–H groups in total. The normalized spacial score (nSPS) is 12.2. The van der Waals surface area contributed by atoms with Crippen molar-refractivity contribution in [3.8, 4) is 0 Å². The number of imidazole rings is 1. The van der Waals surface area contributed by atoms with Gasteiger partial charge in [-0.3, -0.25) is 0 Å². The highest BCUT2D eigenvalue weighted by Crippen LogP contribution is 2.13. The van der Waals surface area contributed by atoms with Crippen molar-refractivity contribution in [1.82, 2.24) is 15.3 Å². The Hall–Kier alpha value is -1.42. The van der Waals surface area contributed by atoms with Crippen LogP contribution in [0.2, 0.25) is 0 Å². The quantitative estimate of drug-likeness (QED) is 0.818. The molecule has 0 aliphatic heterocycles. The number of H-pyrrole nitrogens is 1. The van der Waals surface area contributed by atoms with Crippen LogP contribution in [0.4, 0.5) is 4.39 Å². The van der Waals surface area contributed by atoms with E-state index in [1.807, 2.05) is 0 Å². The van der Waals surface area contributed by atoms with E-state index >= 15 is 0 Å². The van der Waals surface area contributed by atoms with Crippen molar-refractivity contribution in [2.24, 2.45) is 0 Å². The minimum Gasteiger partial charge on any atom is -0.341 e. The van der Waals surface area contributed by atoms with Gasteiger partial charge >= 0.3 is 0 Å². The van der Waals surface area contributed by atoms with Crippen LogP contribution in [0.3, 0.4) is 0 Å². The molecule has 0 aliphatic rings. The minimum absolute atomic E-state index is 0.0459. The Balaban J connectivity index is 2.20. The molecule has 0 aliphatic carbocycles. The van der Waals surface area contributed by atoms with Crippen LogP contribution in [-0.2, 0) is 6.54 Å². The van der Waals surface area contributed by atoms with E-state index in [-0.39, 0.29) is 11.4 Å². The summed E-state index contributed by atoms with van der Waals surface area (Å²) in [7, 11) is 0. The molecule has 0 fully saturated rings. The number of fused-ring (bicyclic) bond motifs is 1. The van der Waals surface area contributed by atoms with Crippen molar-refractivity contribution >= 4 is 11.0 Å². The van der Waals surface area contributed by atoms with Gasteiger partial charge in [0.1, 0.15) is 11.6 Å². The molecule has 0 bridgehead atoms. The van der Waals surface area contributed by atoms with Gasteiger partial charge in [-0.15, -0.1) is 0 Å². The Labute approximate surface area is 94.1 Å². The van der Waals surface area contributed by atoms with E-state index in [0.29, 0.717) is 6.54 Å². The van der Waals surface area contributed by atoms with Crippen molar-refractivity contribution in [3.63, 3.8) is 0 Å². The first kappa shape index (κ1) is 11.1. The van der Waals surface area contributed by atoms with E-state index < -0.39 is 0 Å².